The number of aromatic nitrogens is 4. The fourth-order valence-electron chi connectivity index (χ4n) is 3.52. The van der Waals surface area contributed by atoms with Crippen molar-refractivity contribution in [2.45, 2.75) is 37.0 Å². The summed E-state index contributed by atoms with van der Waals surface area (Å²) in [7, 11) is 0. The molecule has 0 fully saturated rings. The molecule has 0 N–H and O–H groups in total. The Balaban J connectivity index is 1.44. The van der Waals surface area contributed by atoms with E-state index < -0.39 is 11.7 Å². The van der Waals surface area contributed by atoms with E-state index in [0.29, 0.717) is 27.6 Å². The number of hydrogen-bond donors (Lipinski definition) is 0. The zero-order valence-electron chi connectivity index (χ0n) is 17.9. The molecule has 4 aromatic rings. The van der Waals surface area contributed by atoms with Gasteiger partial charge in [-0.2, -0.15) is 18.2 Å². The van der Waals surface area contributed by atoms with Crippen molar-refractivity contribution in [3.63, 3.8) is 0 Å². The van der Waals surface area contributed by atoms with Crippen LogP contribution in [-0.4, -0.2) is 26.5 Å². The largest absolute Gasteiger partial charge is 0.454 e. The Morgan fingerprint density at radius 1 is 1.12 bits per heavy atom. The summed E-state index contributed by atoms with van der Waals surface area (Å²) < 4.78 is 56.5. The molecule has 0 spiro atoms. The lowest BCUT2D eigenvalue weighted by molar-refractivity contribution is -0.137. The maximum atomic E-state index is 13.2. The summed E-state index contributed by atoms with van der Waals surface area (Å²) >= 11 is 1.21. The van der Waals surface area contributed by atoms with Gasteiger partial charge >= 0.3 is 6.18 Å². The fraction of sp³-hybridized carbons (Fsp3) is 0.273. The molecule has 12 heteroatoms. The molecule has 0 bridgehead atoms. The Kier molecular flexibility index (Phi) is 5.47. The minimum atomic E-state index is -4.47. The number of hydrogen-bond acceptors (Lipinski definition) is 8. The lowest BCUT2D eigenvalue weighted by atomic mass is 10.1. The van der Waals surface area contributed by atoms with Gasteiger partial charge in [-0.1, -0.05) is 29.1 Å². The van der Waals surface area contributed by atoms with E-state index in [-0.39, 0.29) is 41.4 Å². The van der Waals surface area contributed by atoms with Gasteiger partial charge in [0.25, 0.3) is 5.56 Å². The number of ether oxygens (including phenoxy) is 2. The van der Waals surface area contributed by atoms with E-state index in [2.05, 4.69) is 15.1 Å². The van der Waals surface area contributed by atoms with Crippen LogP contribution in [0.4, 0.5) is 13.2 Å². The smallest absolute Gasteiger partial charge is 0.416 e. The molecule has 34 heavy (non-hydrogen) atoms. The molecular formula is C22H17F3N4O4S. The van der Waals surface area contributed by atoms with Crippen molar-refractivity contribution in [2.75, 3.05) is 6.79 Å². The molecule has 0 atom stereocenters. The second kappa shape index (κ2) is 8.35. The molecule has 0 amide bonds. The van der Waals surface area contributed by atoms with Crippen LogP contribution in [0.25, 0.3) is 22.3 Å². The minimum absolute atomic E-state index is 0.0436. The van der Waals surface area contributed by atoms with E-state index >= 15 is 0 Å². The van der Waals surface area contributed by atoms with Crippen LogP contribution in [0, 0.1) is 0 Å². The molecular weight excluding hydrogens is 473 g/mol. The van der Waals surface area contributed by atoms with Crippen LogP contribution in [-0.2, 0) is 11.9 Å². The number of thioether (sulfide) groups is 1. The quantitative estimate of drug-likeness (QED) is 0.283. The number of halogens is 3. The third kappa shape index (κ3) is 4.09. The molecule has 3 heterocycles. The second-order valence-electron chi connectivity index (χ2n) is 7.76. The molecule has 0 saturated heterocycles. The lowest BCUT2D eigenvalue weighted by Crippen LogP contribution is -2.25. The number of rotatable bonds is 5. The van der Waals surface area contributed by atoms with Gasteiger partial charge in [0.05, 0.1) is 22.2 Å². The molecule has 1 aliphatic rings. The van der Waals surface area contributed by atoms with Crippen molar-refractivity contribution in [3.05, 3.63) is 58.2 Å². The van der Waals surface area contributed by atoms with Crippen LogP contribution in [0.15, 0.2) is 50.9 Å². The van der Waals surface area contributed by atoms with Crippen molar-refractivity contribution in [1.82, 2.24) is 19.7 Å². The predicted molar refractivity (Wildman–Crippen MR) is 117 cm³/mol. The molecule has 176 valence electrons. The number of benzene rings is 2. The molecule has 0 aliphatic carbocycles. The average Bonchev–Trinajstić information content (AvgIpc) is 3.45. The number of nitrogens with zero attached hydrogens (tertiary/aromatic N) is 4. The average molecular weight is 490 g/mol. The van der Waals surface area contributed by atoms with Crippen molar-refractivity contribution in [1.29, 1.82) is 0 Å². The van der Waals surface area contributed by atoms with Crippen LogP contribution >= 0.6 is 11.8 Å². The summed E-state index contributed by atoms with van der Waals surface area (Å²) in [5.41, 5.74) is -0.374. The van der Waals surface area contributed by atoms with E-state index in [1.165, 1.54) is 23.9 Å². The monoisotopic (exact) mass is 490 g/mol. The highest BCUT2D eigenvalue weighted by atomic mass is 32.2. The van der Waals surface area contributed by atoms with E-state index in [1.807, 2.05) is 13.8 Å². The van der Waals surface area contributed by atoms with Gasteiger partial charge in [-0.3, -0.25) is 9.36 Å². The Morgan fingerprint density at radius 2 is 1.88 bits per heavy atom. The van der Waals surface area contributed by atoms with Gasteiger partial charge in [0, 0.05) is 17.7 Å². The normalized spacial score (nSPS) is 13.2. The van der Waals surface area contributed by atoms with Gasteiger partial charge in [0.2, 0.25) is 18.5 Å². The molecule has 8 nitrogen and oxygen atoms in total. The van der Waals surface area contributed by atoms with Gasteiger partial charge in [0.1, 0.15) is 0 Å². The second-order valence-corrected chi connectivity index (χ2v) is 8.71. The zero-order chi connectivity index (χ0) is 24.0. The van der Waals surface area contributed by atoms with Gasteiger partial charge in [-0.05, 0) is 32.0 Å². The Hall–Kier alpha value is -3.54. The topological polar surface area (TPSA) is 92.3 Å². The van der Waals surface area contributed by atoms with Crippen LogP contribution < -0.4 is 15.0 Å². The first-order valence-electron chi connectivity index (χ1n) is 10.2. The van der Waals surface area contributed by atoms with E-state index in [1.54, 1.807) is 16.7 Å². The standard InChI is InChI=1S/C22H17F3N4O4S/c1-11(2)29-20(30)14-7-16-17(32-10-31-16)8-15(14)26-21(29)34-9-18-27-19(28-33-18)12-4-3-5-13(6-12)22(23,24)25/h3-8,11H,9-10H2,1-2H3. The molecule has 0 unspecified atom stereocenters. The Morgan fingerprint density at radius 3 is 2.62 bits per heavy atom. The van der Waals surface area contributed by atoms with Gasteiger partial charge in [-0.15, -0.1) is 0 Å². The van der Waals surface area contributed by atoms with E-state index in [0.717, 1.165) is 12.1 Å². The maximum absolute atomic E-state index is 13.2. The summed E-state index contributed by atoms with van der Waals surface area (Å²) in [6.07, 6.45) is -4.47. The Labute approximate surface area is 194 Å². The van der Waals surface area contributed by atoms with Crippen molar-refractivity contribution in [3.8, 4) is 22.9 Å². The molecule has 2 aromatic carbocycles. The SMILES string of the molecule is CC(C)n1c(SCc2nc(-c3cccc(C(F)(F)F)c3)no2)nc2cc3c(cc2c1=O)OCO3. The molecule has 1 aliphatic heterocycles. The highest BCUT2D eigenvalue weighted by molar-refractivity contribution is 7.98. The number of fused-ring (bicyclic) bond motifs is 2. The summed E-state index contributed by atoms with van der Waals surface area (Å²) in [5, 5.41) is 4.64. The first-order valence-corrected chi connectivity index (χ1v) is 11.2. The van der Waals surface area contributed by atoms with Gasteiger partial charge in [-0.25, -0.2) is 4.98 Å². The first-order chi connectivity index (χ1) is 16.2. The summed E-state index contributed by atoms with van der Waals surface area (Å²) in [4.78, 5) is 22.0. The maximum Gasteiger partial charge on any atom is 0.416 e. The highest BCUT2D eigenvalue weighted by Gasteiger charge is 2.31. The van der Waals surface area contributed by atoms with Crippen LogP contribution in [0.5, 0.6) is 11.5 Å². The predicted octanol–water partition coefficient (Wildman–Crippen LogP) is 5.07. The number of alkyl halides is 3. The lowest BCUT2D eigenvalue weighted by Gasteiger charge is -2.15. The van der Waals surface area contributed by atoms with Crippen LogP contribution in [0.2, 0.25) is 0 Å². The van der Waals surface area contributed by atoms with E-state index in [4.69, 9.17) is 14.0 Å². The third-order valence-electron chi connectivity index (χ3n) is 5.12. The highest BCUT2D eigenvalue weighted by Crippen LogP contribution is 2.36. The first kappa shape index (κ1) is 22.3. The van der Waals surface area contributed by atoms with E-state index in [9.17, 15) is 18.0 Å². The minimum Gasteiger partial charge on any atom is -0.454 e. The zero-order valence-corrected chi connectivity index (χ0v) is 18.7. The summed E-state index contributed by atoms with van der Waals surface area (Å²) in [6, 6.07) is 7.81. The van der Waals surface area contributed by atoms with Crippen LogP contribution in [0.3, 0.4) is 0 Å². The summed E-state index contributed by atoms with van der Waals surface area (Å²) in [6.45, 7) is 3.81. The van der Waals surface area contributed by atoms with Gasteiger partial charge < -0.3 is 14.0 Å². The molecule has 2 aromatic heterocycles. The molecule has 0 radical (unpaired) electrons. The van der Waals surface area contributed by atoms with Crippen molar-refractivity contribution < 1.29 is 27.2 Å². The Bertz CT molecular complexity index is 1450. The summed E-state index contributed by atoms with van der Waals surface area (Å²) in [5.74, 6) is 1.41. The molecule has 5 rings (SSSR count). The molecule has 0 saturated carbocycles. The van der Waals surface area contributed by atoms with Crippen molar-refractivity contribution >= 4 is 22.7 Å². The van der Waals surface area contributed by atoms with Gasteiger partial charge in [0.15, 0.2) is 16.7 Å². The third-order valence-corrected chi connectivity index (χ3v) is 6.06. The fourth-order valence-corrected chi connectivity index (χ4v) is 4.48. The van der Waals surface area contributed by atoms with Crippen molar-refractivity contribution in [2.24, 2.45) is 0 Å². The van der Waals surface area contributed by atoms with Crippen LogP contribution in [0.1, 0.15) is 31.3 Å².